The van der Waals surface area contributed by atoms with Gasteiger partial charge in [0, 0.05) is 31.1 Å². The lowest BCUT2D eigenvalue weighted by Gasteiger charge is -2.39. The Labute approximate surface area is 165 Å². The smallest absolute Gasteiger partial charge is 0.475 e. The number of carboxylic acid groups (broad SMARTS) is 1. The number of amides is 1. The van der Waals surface area contributed by atoms with Crippen LogP contribution in [0.15, 0.2) is 24.5 Å². The number of pyridine rings is 1. The van der Waals surface area contributed by atoms with E-state index < -0.39 is 12.1 Å². The molecule has 3 atom stereocenters. The highest BCUT2D eigenvalue weighted by atomic mass is 19.4. The molecule has 0 aromatic carbocycles. The Morgan fingerprint density at radius 2 is 1.86 bits per heavy atom. The fourth-order valence-corrected chi connectivity index (χ4v) is 3.55. The number of halogens is 3. The minimum absolute atomic E-state index is 0.0401. The number of rotatable bonds is 4. The standard InChI is InChI=1S/C17H22N2O3.C2HF3O2/c20-17(13-5-7-18-8-6-13)19-9-10-21-16-14(19)3-4-15(16)22-11-12-1-2-12;3-2(4,5)1(6)7/h5-8,12,14-16H,1-4,9-11H2;(H,6,7)/t14-,15-,16+;/m0./s1. The quantitative estimate of drug-likeness (QED) is 0.812. The van der Waals surface area contributed by atoms with E-state index in [1.165, 1.54) is 12.8 Å². The fourth-order valence-electron chi connectivity index (χ4n) is 3.55. The summed E-state index contributed by atoms with van der Waals surface area (Å²) in [5.74, 6) is -1.91. The molecular weight excluding hydrogens is 393 g/mol. The van der Waals surface area contributed by atoms with Crippen LogP contribution in [-0.2, 0) is 14.3 Å². The Morgan fingerprint density at radius 3 is 2.45 bits per heavy atom. The summed E-state index contributed by atoms with van der Waals surface area (Å²) in [5.41, 5.74) is 0.706. The maximum atomic E-state index is 12.7. The summed E-state index contributed by atoms with van der Waals surface area (Å²) >= 11 is 0. The van der Waals surface area contributed by atoms with Crippen molar-refractivity contribution in [3.8, 4) is 0 Å². The van der Waals surface area contributed by atoms with E-state index in [0.717, 1.165) is 25.4 Å². The Kier molecular flexibility index (Phi) is 6.74. The molecule has 29 heavy (non-hydrogen) atoms. The van der Waals surface area contributed by atoms with Gasteiger partial charge in [0.2, 0.25) is 0 Å². The van der Waals surface area contributed by atoms with Gasteiger partial charge in [-0.05, 0) is 43.7 Å². The first kappa shape index (κ1) is 21.5. The predicted octanol–water partition coefficient (Wildman–Crippen LogP) is 2.51. The molecule has 2 saturated carbocycles. The zero-order chi connectivity index (χ0) is 21.0. The predicted molar refractivity (Wildman–Crippen MR) is 94.2 cm³/mol. The van der Waals surface area contributed by atoms with Crippen LogP contribution >= 0.6 is 0 Å². The second-order valence-corrected chi connectivity index (χ2v) is 7.33. The monoisotopic (exact) mass is 416 g/mol. The molecule has 3 fully saturated rings. The number of carboxylic acids is 1. The van der Waals surface area contributed by atoms with E-state index in [-0.39, 0.29) is 24.2 Å². The SMILES string of the molecule is O=C(O)C(F)(F)F.O=C(c1ccncc1)N1CCO[C@H]2[C@@H](OCC3CC3)CC[C@@H]21. The summed E-state index contributed by atoms with van der Waals surface area (Å²) in [7, 11) is 0. The molecule has 7 nitrogen and oxygen atoms in total. The van der Waals surface area contributed by atoms with Crippen LogP contribution in [0.2, 0.25) is 0 Å². The van der Waals surface area contributed by atoms with E-state index in [4.69, 9.17) is 19.4 Å². The third-order valence-corrected chi connectivity index (χ3v) is 5.21. The molecule has 0 bridgehead atoms. The minimum atomic E-state index is -5.08. The number of alkyl halides is 3. The van der Waals surface area contributed by atoms with Crippen molar-refractivity contribution in [2.24, 2.45) is 5.92 Å². The number of carbonyl (C=O) groups is 2. The van der Waals surface area contributed by atoms with Gasteiger partial charge in [-0.3, -0.25) is 9.78 Å². The molecule has 1 saturated heterocycles. The van der Waals surface area contributed by atoms with E-state index in [1.807, 2.05) is 4.90 Å². The maximum absolute atomic E-state index is 12.7. The first-order chi connectivity index (χ1) is 13.8. The van der Waals surface area contributed by atoms with Crippen LogP contribution in [0.1, 0.15) is 36.0 Å². The molecule has 4 rings (SSSR count). The van der Waals surface area contributed by atoms with E-state index in [2.05, 4.69) is 4.98 Å². The molecule has 0 spiro atoms. The van der Waals surface area contributed by atoms with Crippen LogP contribution in [0.3, 0.4) is 0 Å². The number of morpholine rings is 1. The summed E-state index contributed by atoms with van der Waals surface area (Å²) in [4.78, 5) is 27.6. The van der Waals surface area contributed by atoms with Crippen molar-refractivity contribution in [2.75, 3.05) is 19.8 Å². The van der Waals surface area contributed by atoms with E-state index >= 15 is 0 Å². The molecule has 2 aliphatic carbocycles. The zero-order valence-corrected chi connectivity index (χ0v) is 15.7. The summed E-state index contributed by atoms with van der Waals surface area (Å²) in [5, 5.41) is 7.12. The van der Waals surface area contributed by atoms with Gasteiger partial charge in [0.1, 0.15) is 6.10 Å². The molecule has 1 aromatic heterocycles. The van der Waals surface area contributed by atoms with Crippen molar-refractivity contribution >= 4 is 11.9 Å². The van der Waals surface area contributed by atoms with Crippen molar-refractivity contribution in [1.82, 2.24) is 9.88 Å². The highest BCUT2D eigenvalue weighted by Gasteiger charge is 2.45. The van der Waals surface area contributed by atoms with Crippen LogP contribution in [0.4, 0.5) is 13.2 Å². The molecule has 160 valence electrons. The molecular formula is C19H23F3N2O5. The Bertz CT molecular complexity index is 712. The van der Waals surface area contributed by atoms with Crippen molar-refractivity contribution < 1.29 is 37.3 Å². The second-order valence-electron chi connectivity index (χ2n) is 7.33. The Balaban J connectivity index is 0.000000298. The topological polar surface area (TPSA) is 89.0 Å². The van der Waals surface area contributed by atoms with Gasteiger partial charge < -0.3 is 19.5 Å². The van der Waals surface area contributed by atoms with Crippen LogP contribution in [0.5, 0.6) is 0 Å². The summed E-state index contributed by atoms with van der Waals surface area (Å²) in [6.45, 7) is 2.12. The molecule has 0 unspecified atom stereocenters. The number of aliphatic carboxylic acids is 1. The van der Waals surface area contributed by atoms with Gasteiger partial charge in [0.15, 0.2) is 0 Å². The van der Waals surface area contributed by atoms with Crippen molar-refractivity contribution in [2.45, 2.75) is 50.1 Å². The lowest BCUT2D eigenvalue weighted by molar-refractivity contribution is -0.192. The Hall–Kier alpha value is -2.20. The molecule has 0 radical (unpaired) electrons. The number of hydrogen-bond donors (Lipinski definition) is 1. The fraction of sp³-hybridized carbons (Fsp3) is 0.632. The van der Waals surface area contributed by atoms with E-state index in [9.17, 15) is 18.0 Å². The zero-order valence-electron chi connectivity index (χ0n) is 15.7. The highest BCUT2D eigenvalue weighted by Crippen LogP contribution is 2.35. The van der Waals surface area contributed by atoms with Crippen LogP contribution in [-0.4, -0.2) is 71.1 Å². The minimum Gasteiger partial charge on any atom is -0.475 e. The summed E-state index contributed by atoms with van der Waals surface area (Å²) in [6, 6.07) is 3.71. The molecule has 3 aliphatic rings. The van der Waals surface area contributed by atoms with Gasteiger partial charge in [-0.15, -0.1) is 0 Å². The number of hydrogen-bond acceptors (Lipinski definition) is 5. The molecule has 2 heterocycles. The van der Waals surface area contributed by atoms with Gasteiger partial charge in [0.05, 0.1) is 18.8 Å². The first-order valence-corrected chi connectivity index (χ1v) is 9.51. The average molecular weight is 416 g/mol. The number of fused-ring (bicyclic) bond motifs is 1. The average Bonchev–Trinajstić information content (AvgIpc) is 3.44. The van der Waals surface area contributed by atoms with Crippen molar-refractivity contribution in [3.63, 3.8) is 0 Å². The van der Waals surface area contributed by atoms with Gasteiger partial charge in [-0.1, -0.05) is 0 Å². The number of ether oxygens (including phenoxy) is 2. The summed E-state index contributed by atoms with van der Waals surface area (Å²) < 4.78 is 43.7. The number of nitrogens with zero attached hydrogens (tertiary/aromatic N) is 2. The van der Waals surface area contributed by atoms with Crippen molar-refractivity contribution in [3.05, 3.63) is 30.1 Å². The molecule has 10 heteroatoms. The largest absolute Gasteiger partial charge is 0.490 e. The lowest BCUT2D eigenvalue weighted by Crippen LogP contribution is -2.53. The number of carbonyl (C=O) groups excluding carboxylic acids is 1. The molecule has 1 aromatic rings. The normalized spacial score (nSPS) is 26.3. The van der Waals surface area contributed by atoms with Gasteiger partial charge >= 0.3 is 12.1 Å². The van der Waals surface area contributed by atoms with Gasteiger partial charge in [-0.2, -0.15) is 13.2 Å². The molecule has 1 amide bonds. The highest BCUT2D eigenvalue weighted by molar-refractivity contribution is 5.94. The second kappa shape index (κ2) is 9.08. The summed E-state index contributed by atoms with van der Waals surface area (Å²) in [6.07, 6.45) is 3.00. The van der Waals surface area contributed by atoms with E-state index in [1.54, 1.807) is 24.5 Å². The van der Waals surface area contributed by atoms with Gasteiger partial charge in [-0.25, -0.2) is 4.79 Å². The molecule has 1 aliphatic heterocycles. The van der Waals surface area contributed by atoms with Crippen LogP contribution < -0.4 is 0 Å². The lowest BCUT2D eigenvalue weighted by atomic mass is 10.1. The van der Waals surface area contributed by atoms with E-state index in [0.29, 0.717) is 18.7 Å². The Morgan fingerprint density at radius 1 is 1.21 bits per heavy atom. The van der Waals surface area contributed by atoms with Crippen molar-refractivity contribution in [1.29, 1.82) is 0 Å². The third kappa shape index (κ3) is 5.66. The number of aromatic nitrogens is 1. The molecule has 1 N–H and O–H groups in total. The first-order valence-electron chi connectivity index (χ1n) is 9.51. The van der Waals surface area contributed by atoms with Crippen LogP contribution in [0, 0.1) is 5.92 Å². The van der Waals surface area contributed by atoms with Crippen LogP contribution in [0.25, 0.3) is 0 Å². The maximum Gasteiger partial charge on any atom is 0.490 e. The third-order valence-electron chi connectivity index (χ3n) is 5.21. The van der Waals surface area contributed by atoms with Gasteiger partial charge in [0.25, 0.3) is 5.91 Å².